The molecule has 4 nitrogen and oxygen atoms in total. The van der Waals surface area contributed by atoms with Gasteiger partial charge in [0, 0.05) is 19.7 Å². The van der Waals surface area contributed by atoms with Crippen LogP contribution in [0.4, 0.5) is 0 Å². The van der Waals surface area contributed by atoms with Gasteiger partial charge in [0.05, 0.1) is 5.92 Å². The average Bonchev–Trinajstić information content (AvgIpc) is 2.33. The topological polar surface area (TPSA) is 49.8 Å². The lowest BCUT2D eigenvalue weighted by atomic mass is 9.98. The van der Waals surface area contributed by atoms with E-state index in [2.05, 4.69) is 38.8 Å². The number of aliphatic carboxylic acids is 1. The van der Waals surface area contributed by atoms with Crippen LogP contribution in [0.5, 0.6) is 0 Å². The van der Waals surface area contributed by atoms with Crippen molar-refractivity contribution in [3.8, 4) is 0 Å². The fraction of sp³-hybridized carbons (Fsp3) is 0.933. The minimum Gasteiger partial charge on any atom is -0.481 e. The van der Waals surface area contributed by atoms with Crippen molar-refractivity contribution in [1.82, 2.24) is 4.90 Å². The molecule has 0 aliphatic carbocycles. The largest absolute Gasteiger partial charge is 0.481 e. The number of hydrogen-bond donors (Lipinski definition) is 1. The molecule has 0 bridgehead atoms. The van der Waals surface area contributed by atoms with E-state index in [9.17, 15) is 4.79 Å². The third-order valence-corrected chi connectivity index (χ3v) is 9.28. The van der Waals surface area contributed by atoms with Gasteiger partial charge in [-0.3, -0.25) is 4.79 Å². The molecule has 20 heavy (non-hydrogen) atoms. The van der Waals surface area contributed by atoms with E-state index in [-0.39, 0.29) is 11.0 Å². The summed E-state index contributed by atoms with van der Waals surface area (Å²) in [7, 11) is -1.64. The molecule has 0 radical (unpaired) electrons. The molecule has 1 saturated heterocycles. The number of nitrogens with zero attached hydrogens (tertiary/aromatic N) is 1. The first-order valence-corrected chi connectivity index (χ1v) is 10.6. The van der Waals surface area contributed by atoms with Gasteiger partial charge in [0.25, 0.3) is 0 Å². The van der Waals surface area contributed by atoms with Gasteiger partial charge in [-0.1, -0.05) is 20.8 Å². The third-order valence-electron chi connectivity index (χ3n) is 4.74. The van der Waals surface area contributed by atoms with Gasteiger partial charge in [-0.05, 0) is 43.9 Å². The van der Waals surface area contributed by atoms with Crippen LogP contribution in [0.15, 0.2) is 0 Å². The van der Waals surface area contributed by atoms with Gasteiger partial charge < -0.3 is 14.4 Å². The summed E-state index contributed by atoms with van der Waals surface area (Å²) in [5, 5.41) is 9.33. The molecule has 1 unspecified atom stereocenters. The van der Waals surface area contributed by atoms with Gasteiger partial charge in [-0.2, -0.15) is 0 Å². The van der Waals surface area contributed by atoms with Crippen molar-refractivity contribution in [3.05, 3.63) is 0 Å². The lowest BCUT2D eigenvalue weighted by Gasteiger charge is -2.36. The molecule has 0 spiro atoms. The van der Waals surface area contributed by atoms with Crippen molar-refractivity contribution in [1.29, 1.82) is 0 Å². The van der Waals surface area contributed by atoms with E-state index in [4.69, 9.17) is 9.53 Å². The monoisotopic (exact) mass is 301 g/mol. The lowest BCUT2D eigenvalue weighted by Crippen LogP contribution is -2.42. The summed E-state index contributed by atoms with van der Waals surface area (Å²) >= 11 is 0. The summed E-state index contributed by atoms with van der Waals surface area (Å²) in [6.45, 7) is 14.8. The first-order valence-electron chi connectivity index (χ1n) is 7.72. The van der Waals surface area contributed by atoms with Crippen LogP contribution in [-0.2, 0) is 9.22 Å². The molecule has 1 fully saturated rings. The standard InChI is InChI=1S/C15H31NO3Si/c1-15(2,3)20(4,5)19-11-7-10-16-9-6-8-13(12-16)14(17)18/h13H,6-12H2,1-5H3,(H,17,18). The normalized spacial score (nSPS) is 21.9. The number of likely N-dealkylation sites (tertiary alicyclic amines) is 1. The Labute approximate surface area is 124 Å². The number of carboxylic acid groups (broad SMARTS) is 1. The summed E-state index contributed by atoms with van der Waals surface area (Å²) in [4.78, 5) is 13.3. The molecule has 1 aliphatic rings. The number of piperidine rings is 1. The Morgan fingerprint density at radius 3 is 2.60 bits per heavy atom. The van der Waals surface area contributed by atoms with E-state index in [0.29, 0.717) is 6.54 Å². The van der Waals surface area contributed by atoms with Crippen molar-refractivity contribution in [2.24, 2.45) is 5.92 Å². The second-order valence-electron chi connectivity index (χ2n) is 7.44. The van der Waals surface area contributed by atoms with Crippen molar-refractivity contribution in [2.45, 2.75) is 58.2 Å². The molecule has 1 rings (SSSR count). The highest BCUT2D eigenvalue weighted by molar-refractivity contribution is 6.74. The Balaban J connectivity index is 2.26. The quantitative estimate of drug-likeness (QED) is 0.604. The fourth-order valence-corrected chi connectivity index (χ4v) is 3.38. The Morgan fingerprint density at radius 1 is 1.40 bits per heavy atom. The van der Waals surface area contributed by atoms with E-state index >= 15 is 0 Å². The maximum Gasteiger partial charge on any atom is 0.307 e. The zero-order valence-corrected chi connectivity index (χ0v) is 14.7. The molecular formula is C15H31NO3Si. The number of carboxylic acids is 1. The smallest absolute Gasteiger partial charge is 0.307 e. The maximum absolute atomic E-state index is 11.0. The van der Waals surface area contributed by atoms with Crippen LogP contribution in [0.3, 0.4) is 0 Å². The molecule has 1 heterocycles. The molecule has 1 atom stereocenters. The summed E-state index contributed by atoms with van der Waals surface area (Å²) in [6, 6.07) is 0. The van der Waals surface area contributed by atoms with Crippen molar-refractivity contribution in [3.63, 3.8) is 0 Å². The van der Waals surface area contributed by atoms with E-state index in [1.807, 2.05) is 0 Å². The van der Waals surface area contributed by atoms with Crippen LogP contribution < -0.4 is 0 Å². The molecule has 1 N–H and O–H groups in total. The molecular weight excluding hydrogens is 270 g/mol. The van der Waals surface area contributed by atoms with E-state index in [1.165, 1.54) is 0 Å². The second-order valence-corrected chi connectivity index (χ2v) is 12.2. The summed E-state index contributed by atoms with van der Waals surface area (Å²) < 4.78 is 6.16. The van der Waals surface area contributed by atoms with Crippen LogP contribution in [0.1, 0.15) is 40.0 Å². The van der Waals surface area contributed by atoms with Crippen LogP contribution in [0, 0.1) is 5.92 Å². The SMILES string of the molecule is CC(C)(C)[Si](C)(C)OCCCN1CCCC(C(=O)O)C1. The van der Waals surface area contributed by atoms with Crippen molar-refractivity contribution >= 4 is 14.3 Å². The molecule has 0 aromatic heterocycles. The van der Waals surface area contributed by atoms with Gasteiger partial charge in [-0.15, -0.1) is 0 Å². The van der Waals surface area contributed by atoms with Gasteiger partial charge >= 0.3 is 5.97 Å². The predicted molar refractivity (Wildman–Crippen MR) is 84.6 cm³/mol. The summed E-state index contributed by atoms with van der Waals surface area (Å²) in [5.74, 6) is -0.822. The van der Waals surface area contributed by atoms with E-state index in [1.54, 1.807) is 0 Å². The summed E-state index contributed by atoms with van der Waals surface area (Å²) in [6.07, 6.45) is 2.82. The van der Waals surface area contributed by atoms with Crippen molar-refractivity contribution in [2.75, 3.05) is 26.2 Å². The first kappa shape index (κ1) is 17.7. The molecule has 0 aromatic rings. The molecule has 1 aliphatic heterocycles. The van der Waals surface area contributed by atoms with Gasteiger partial charge in [0.2, 0.25) is 0 Å². The average molecular weight is 302 g/mol. The zero-order chi connectivity index (χ0) is 15.4. The Bertz CT molecular complexity index is 326. The van der Waals surface area contributed by atoms with Crippen molar-refractivity contribution < 1.29 is 14.3 Å². The minimum atomic E-state index is -1.64. The number of hydrogen-bond acceptors (Lipinski definition) is 3. The highest BCUT2D eigenvalue weighted by atomic mass is 28.4. The fourth-order valence-electron chi connectivity index (χ4n) is 2.29. The lowest BCUT2D eigenvalue weighted by molar-refractivity contribution is -0.143. The molecule has 118 valence electrons. The Kier molecular flexibility index (Phi) is 6.22. The Morgan fingerprint density at radius 2 is 2.05 bits per heavy atom. The third kappa shape index (κ3) is 5.18. The van der Waals surface area contributed by atoms with Crippen LogP contribution in [0.2, 0.25) is 18.1 Å². The van der Waals surface area contributed by atoms with Crippen LogP contribution in [0.25, 0.3) is 0 Å². The first-order chi connectivity index (χ1) is 9.13. The van der Waals surface area contributed by atoms with Gasteiger partial charge in [-0.25, -0.2) is 0 Å². The van der Waals surface area contributed by atoms with E-state index in [0.717, 1.165) is 39.0 Å². The second kappa shape index (κ2) is 7.05. The van der Waals surface area contributed by atoms with Crippen LogP contribution in [-0.4, -0.2) is 50.5 Å². The zero-order valence-electron chi connectivity index (χ0n) is 13.7. The van der Waals surface area contributed by atoms with E-state index < -0.39 is 14.3 Å². The molecule has 0 saturated carbocycles. The van der Waals surface area contributed by atoms with Gasteiger partial charge in [0.15, 0.2) is 8.32 Å². The predicted octanol–water partition coefficient (Wildman–Crippen LogP) is 3.19. The highest BCUT2D eigenvalue weighted by Crippen LogP contribution is 2.36. The Hall–Kier alpha value is -0.393. The molecule has 0 aromatic carbocycles. The number of carbonyl (C=O) groups is 1. The molecule has 5 heteroatoms. The van der Waals surface area contributed by atoms with Crippen LogP contribution >= 0.6 is 0 Å². The highest BCUT2D eigenvalue weighted by Gasteiger charge is 2.36. The summed E-state index contributed by atoms with van der Waals surface area (Å²) in [5.41, 5.74) is 0. The maximum atomic E-state index is 11.0. The molecule has 0 amide bonds. The number of rotatable bonds is 6. The van der Waals surface area contributed by atoms with Gasteiger partial charge in [0.1, 0.15) is 0 Å². The minimum absolute atomic E-state index is 0.176.